The second-order valence-electron chi connectivity index (χ2n) is 7.94. The van der Waals surface area contributed by atoms with E-state index in [4.69, 9.17) is 0 Å². The number of benzene rings is 1. The molecule has 0 aliphatic heterocycles. The number of hydrogen-bond donors (Lipinski definition) is 1. The molecule has 0 heterocycles. The van der Waals surface area contributed by atoms with E-state index in [0.717, 1.165) is 35.7 Å². The lowest BCUT2D eigenvalue weighted by molar-refractivity contribution is -0.0908. The van der Waals surface area contributed by atoms with Gasteiger partial charge in [0.1, 0.15) is 0 Å². The van der Waals surface area contributed by atoms with Crippen LogP contribution in [0.15, 0.2) is 24.3 Å². The number of hydrogen-bond acceptors (Lipinski definition) is 1. The maximum atomic E-state index is 11.0. The van der Waals surface area contributed by atoms with Gasteiger partial charge in [-0.15, -0.1) is 0 Å². The third kappa shape index (κ3) is 2.44. The van der Waals surface area contributed by atoms with Crippen LogP contribution in [0.2, 0.25) is 0 Å². The zero-order valence-corrected chi connectivity index (χ0v) is 13.2. The molecule has 114 valence electrons. The molecule has 0 aromatic heterocycles. The quantitative estimate of drug-likeness (QED) is 0.846. The normalized spacial score (nSPS) is 38.7. The zero-order chi connectivity index (χ0) is 14.4. The Morgan fingerprint density at radius 1 is 0.952 bits per heavy atom. The molecular formula is C20H28O. The number of rotatable bonds is 4. The summed E-state index contributed by atoms with van der Waals surface area (Å²) in [5, 5.41) is 11.0. The lowest BCUT2D eigenvalue weighted by Crippen LogP contribution is -2.47. The van der Waals surface area contributed by atoms with E-state index in [1.165, 1.54) is 44.1 Å². The molecule has 0 saturated heterocycles. The highest BCUT2D eigenvalue weighted by molar-refractivity contribution is 5.25. The summed E-state index contributed by atoms with van der Waals surface area (Å²) in [6, 6.07) is 8.80. The summed E-state index contributed by atoms with van der Waals surface area (Å²) in [5.74, 6) is 4.11. The van der Waals surface area contributed by atoms with Crippen LogP contribution in [0.4, 0.5) is 0 Å². The molecule has 1 N–H and O–H groups in total. The molecule has 1 atom stereocenters. The molecule has 1 aromatic rings. The van der Waals surface area contributed by atoms with E-state index in [9.17, 15) is 5.11 Å². The minimum absolute atomic E-state index is 0.226. The molecule has 4 aliphatic rings. The van der Waals surface area contributed by atoms with Gasteiger partial charge in [-0.1, -0.05) is 37.6 Å². The lowest BCUT2D eigenvalue weighted by atomic mass is 9.50. The fourth-order valence-electron chi connectivity index (χ4n) is 5.88. The van der Waals surface area contributed by atoms with Crippen molar-refractivity contribution in [1.29, 1.82) is 0 Å². The second kappa shape index (κ2) is 5.43. The van der Waals surface area contributed by atoms with E-state index in [0.29, 0.717) is 5.92 Å². The van der Waals surface area contributed by atoms with E-state index >= 15 is 0 Å². The van der Waals surface area contributed by atoms with Crippen LogP contribution in [0.1, 0.15) is 62.7 Å². The average Bonchev–Trinajstić information content (AvgIpc) is 2.47. The molecule has 5 rings (SSSR count). The SMILES string of the molecule is CCCc1ccc(C(O)C2C3CC4CC(C3)CC2C4)cc1. The Labute approximate surface area is 128 Å². The number of aryl methyl sites for hydroxylation is 1. The summed E-state index contributed by atoms with van der Waals surface area (Å²) in [4.78, 5) is 0. The molecule has 1 nitrogen and oxygen atoms in total. The van der Waals surface area contributed by atoms with Crippen molar-refractivity contribution < 1.29 is 5.11 Å². The largest absolute Gasteiger partial charge is 0.388 e. The minimum Gasteiger partial charge on any atom is -0.388 e. The molecule has 4 saturated carbocycles. The van der Waals surface area contributed by atoms with Crippen molar-refractivity contribution in [3.8, 4) is 0 Å². The van der Waals surface area contributed by atoms with Gasteiger partial charge in [0.05, 0.1) is 6.10 Å². The zero-order valence-electron chi connectivity index (χ0n) is 13.2. The molecule has 1 unspecified atom stereocenters. The van der Waals surface area contributed by atoms with Crippen LogP contribution < -0.4 is 0 Å². The van der Waals surface area contributed by atoms with Crippen LogP contribution >= 0.6 is 0 Å². The monoisotopic (exact) mass is 284 g/mol. The third-order valence-corrected chi connectivity index (χ3v) is 6.52. The Morgan fingerprint density at radius 2 is 1.52 bits per heavy atom. The van der Waals surface area contributed by atoms with E-state index in [1.807, 2.05) is 0 Å². The van der Waals surface area contributed by atoms with Crippen molar-refractivity contribution in [1.82, 2.24) is 0 Å². The van der Waals surface area contributed by atoms with Crippen LogP contribution in [0.3, 0.4) is 0 Å². The predicted molar refractivity (Wildman–Crippen MR) is 85.9 cm³/mol. The molecule has 0 amide bonds. The van der Waals surface area contributed by atoms with Gasteiger partial charge in [-0.25, -0.2) is 0 Å². The Bertz CT molecular complexity index is 461. The Kier molecular flexibility index (Phi) is 3.57. The molecule has 4 bridgehead atoms. The van der Waals surface area contributed by atoms with Crippen molar-refractivity contribution in [2.24, 2.45) is 29.6 Å². The van der Waals surface area contributed by atoms with E-state index in [1.54, 1.807) is 0 Å². The van der Waals surface area contributed by atoms with Crippen LogP contribution in [0.25, 0.3) is 0 Å². The predicted octanol–water partition coefficient (Wildman–Crippen LogP) is 4.74. The summed E-state index contributed by atoms with van der Waals surface area (Å²) in [6.45, 7) is 2.22. The van der Waals surface area contributed by atoms with Gasteiger partial charge in [0.2, 0.25) is 0 Å². The summed E-state index contributed by atoms with van der Waals surface area (Å²) in [7, 11) is 0. The second-order valence-corrected chi connectivity index (χ2v) is 7.94. The Hall–Kier alpha value is -0.820. The molecule has 4 aliphatic carbocycles. The standard InChI is InChI=1S/C20H28O/c1-2-3-13-4-6-16(7-5-13)20(21)19-17-9-14-8-15(11-17)12-18(19)10-14/h4-7,14-15,17-21H,2-3,8-12H2,1H3. The van der Waals surface area contributed by atoms with Gasteiger partial charge < -0.3 is 5.11 Å². The van der Waals surface area contributed by atoms with Crippen LogP contribution in [-0.2, 0) is 6.42 Å². The average molecular weight is 284 g/mol. The van der Waals surface area contributed by atoms with E-state index in [2.05, 4.69) is 31.2 Å². The van der Waals surface area contributed by atoms with Crippen molar-refractivity contribution in [2.45, 2.75) is 58.0 Å². The minimum atomic E-state index is -0.226. The van der Waals surface area contributed by atoms with Gasteiger partial charge in [0.25, 0.3) is 0 Å². The van der Waals surface area contributed by atoms with Gasteiger partial charge >= 0.3 is 0 Å². The summed E-state index contributed by atoms with van der Waals surface area (Å²) >= 11 is 0. The Morgan fingerprint density at radius 3 is 2.05 bits per heavy atom. The summed E-state index contributed by atoms with van der Waals surface area (Å²) < 4.78 is 0. The van der Waals surface area contributed by atoms with Crippen LogP contribution in [-0.4, -0.2) is 5.11 Å². The summed E-state index contributed by atoms with van der Waals surface area (Å²) in [5.41, 5.74) is 2.56. The first kappa shape index (κ1) is 13.8. The van der Waals surface area contributed by atoms with Gasteiger partial charge in [0.15, 0.2) is 0 Å². The molecular weight excluding hydrogens is 256 g/mol. The van der Waals surface area contributed by atoms with Crippen LogP contribution in [0.5, 0.6) is 0 Å². The highest BCUT2D eigenvalue weighted by Gasteiger charge is 2.50. The first-order valence-electron chi connectivity index (χ1n) is 9.01. The van der Waals surface area contributed by atoms with Gasteiger partial charge in [-0.2, -0.15) is 0 Å². The fourth-order valence-corrected chi connectivity index (χ4v) is 5.88. The van der Waals surface area contributed by atoms with Crippen molar-refractivity contribution in [3.05, 3.63) is 35.4 Å². The highest BCUT2D eigenvalue weighted by atomic mass is 16.3. The van der Waals surface area contributed by atoms with E-state index in [-0.39, 0.29) is 6.10 Å². The molecule has 1 aromatic carbocycles. The molecule has 1 heteroatoms. The van der Waals surface area contributed by atoms with E-state index < -0.39 is 0 Å². The first-order valence-corrected chi connectivity index (χ1v) is 9.01. The van der Waals surface area contributed by atoms with Gasteiger partial charge in [0, 0.05) is 0 Å². The third-order valence-electron chi connectivity index (χ3n) is 6.52. The topological polar surface area (TPSA) is 20.2 Å². The smallest absolute Gasteiger partial charge is 0.0823 e. The first-order chi connectivity index (χ1) is 10.2. The Balaban J connectivity index is 1.53. The molecule has 0 radical (unpaired) electrons. The maximum Gasteiger partial charge on any atom is 0.0823 e. The molecule has 4 fully saturated rings. The van der Waals surface area contributed by atoms with Crippen molar-refractivity contribution >= 4 is 0 Å². The van der Waals surface area contributed by atoms with Gasteiger partial charge in [-0.05, 0) is 79.2 Å². The maximum absolute atomic E-state index is 11.0. The molecule has 21 heavy (non-hydrogen) atoms. The fraction of sp³-hybridized carbons (Fsp3) is 0.700. The lowest BCUT2D eigenvalue weighted by Gasteiger charge is -2.55. The number of aliphatic hydroxyl groups is 1. The summed E-state index contributed by atoms with van der Waals surface area (Å²) in [6.07, 6.45) is 9.17. The van der Waals surface area contributed by atoms with Crippen molar-refractivity contribution in [3.63, 3.8) is 0 Å². The van der Waals surface area contributed by atoms with Crippen molar-refractivity contribution in [2.75, 3.05) is 0 Å². The molecule has 0 spiro atoms. The van der Waals surface area contributed by atoms with Gasteiger partial charge in [-0.3, -0.25) is 0 Å². The highest BCUT2D eigenvalue weighted by Crippen LogP contribution is 2.59. The number of aliphatic hydroxyl groups excluding tert-OH is 1. The van der Waals surface area contributed by atoms with Crippen LogP contribution in [0, 0.1) is 29.6 Å².